The standard InChI is InChI=1S/C29H27NO5/c1-4-34-29(32)27-20(2)30(23-13-9-6-10-14-23)28(31)24(27)17-22-15-16-25(26(18-22)33-3)35-19-21-11-7-5-8-12-21/h5-18H,4,19H2,1-3H3/b24-17-. The maximum Gasteiger partial charge on any atom is 0.340 e. The van der Waals surface area contributed by atoms with Crippen LogP contribution in [-0.2, 0) is 20.9 Å². The number of hydrogen-bond acceptors (Lipinski definition) is 5. The molecule has 3 aromatic rings. The molecule has 35 heavy (non-hydrogen) atoms. The summed E-state index contributed by atoms with van der Waals surface area (Å²) in [5, 5.41) is 0. The van der Waals surface area contributed by atoms with Crippen molar-refractivity contribution in [2.45, 2.75) is 20.5 Å². The van der Waals surface area contributed by atoms with Gasteiger partial charge in [0.1, 0.15) is 6.61 Å². The molecular weight excluding hydrogens is 442 g/mol. The van der Waals surface area contributed by atoms with E-state index in [9.17, 15) is 9.59 Å². The number of para-hydroxylation sites is 1. The first-order valence-electron chi connectivity index (χ1n) is 11.4. The van der Waals surface area contributed by atoms with Crippen molar-refractivity contribution in [1.82, 2.24) is 0 Å². The van der Waals surface area contributed by atoms with Gasteiger partial charge < -0.3 is 14.2 Å². The summed E-state index contributed by atoms with van der Waals surface area (Å²) in [6, 6.07) is 24.5. The molecule has 178 valence electrons. The molecule has 1 amide bonds. The van der Waals surface area contributed by atoms with Crippen LogP contribution in [-0.4, -0.2) is 25.6 Å². The van der Waals surface area contributed by atoms with Crippen LogP contribution in [0.1, 0.15) is 25.0 Å². The van der Waals surface area contributed by atoms with Gasteiger partial charge in [-0.1, -0.05) is 54.6 Å². The minimum Gasteiger partial charge on any atom is -0.493 e. The van der Waals surface area contributed by atoms with Crippen LogP contribution >= 0.6 is 0 Å². The highest BCUT2D eigenvalue weighted by Gasteiger charge is 2.38. The molecule has 0 saturated heterocycles. The van der Waals surface area contributed by atoms with Crippen LogP contribution in [0.15, 0.2) is 95.7 Å². The fourth-order valence-corrected chi connectivity index (χ4v) is 3.96. The molecule has 0 N–H and O–H groups in total. The number of rotatable bonds is 8. The van der Waals surface area contributed by atoms with Gasteiger partial charge in [0.05, 0.1) is 24.9 Å². The first-order chi connectivity index (χ1) is 17.0. The number of carbonyl (C=O) groups is 2. The number of benzene rings is 3. The Kier molecular flexibility index (Phi) is 7.31. The van der Waals surface area contributed by atoms with E-state index in [0.29, 0.717) is 35.1 Å². The van der Waals surface area contributed by atoms with E-state index in [-0.39, 0.29) is 23.7 Å². The van der Waals surface area contributed by atoms with Crippen molar-refractivity contribution >= 4 is 23.6 Å². The summed E-state index contributed by atoms with van der Waals surface area (Å²) < 4.78 is 16.7. The number of hydrogen-bond donors (Lipinski definition) is 0. The molecule has 1 aliphatic rings. The number of nitrogens with zero attached hydrogens (tertiary/aromatic N) is 1. The van der Waals surface area contributed by atoms with Crippen molar-refractivity contribution in [3.05, 3.63) is 107 Å². The Morgan fingerprint density at radius 2 is 1.63 bits per heavy atom. The Hall–Kier alpha value is -4.32. The van der Waals surface area contributed by atoms with Crippen LogP contribution in [0.4, 0.5) is 5.69 Å². The van der Waals surface area contributed by atoms with E-state index in [1.54, 1.807) is 39.2 Å². The van der Waals surface area contributed by atoms with Crippen LogP contribution in [0.25, 0.3) is 6.08 Å². The van der Waals surface area contributed by atoms with E-state index in [4.69, 9.17) is 14.2 Å². The smallest absolute Gasteiger partial charge is 0.340 e. The van der Waals surface area contributed by atoms with E-state index in [1.807, 2.05) is 66.7 Å². The molecule has 3 aromatic carbocycles. The zero-order valence-corrected chi connectivity index (χ0v) is 20.0. The van der Waals surface area contributed by atoms with E-state index >= 15 is 0 Å². The third-order valence-electron chi connectivity index (χ3n) is 5.63. The molecule has 0 bridgehead atoms. The van der Waals surface area contributed by atoms with Crippen LogP contribution < -0.4 is 14.4 Å². The summed E-state index contributed by atoms with van der Waals surface area (Å²) in [6.07, 6.45) is 1.69. The Balaban J connectivity index is 1.68. The first-order valence-corrected chi connectivity index (χ1v) is 11.4. The van der Waals surface area contributed by atoms with Crippen LogP contribution in [0.5, 0.6) is 11.5 Å². The maximum atomic E-state index is 13.5. The summed E-state index contributed by atoms with van der Waals surface area (Å²) in [7, 11) is 1.56. The molecule has 0 radical (unpaired) electrons. The Labute approximate surface area is 205 Å². The fourth-order valence-electron chi connectivity index (χ4n) is 3.96. The molecule has 6 nitrogen and oxygen atoms in total. The molecule has 0 fully saturated rings. The predicted octanol–water partition coefficient (Wildman–Crippen LogP) is 5.54. The number of amides is 1. The molecule has 0 aliphatic carbocycles. The van der Waals surface area contributed by atoms with Gasteiger partial charge in [-0.25, -0.2) is 4.79 Å². The second-order valence-electron chi connectivity index (χ2n) is 7.90. The van der Waals surface area contributed by atoms with E-state index in [0.717, 1.165) is 5.56 Å². The van der Waals surface area contributed by atoms with Crippen molar-refractivity contribution in [2.75, 3.05) is 18.6 Å². The third-order valence-corrected chi connectivity index (χ3v) is 5.63. The summed E-state index contributed by atoms with van der Waals surface area (Å²) >= 11 is 0. The summed E-state index contributed by atoms with van der Waals surface area (Å²) in [5.41, 5.74) is 3.47. The van der Waals surface area contributed by atoms with Crippen molar-refractivity contribution < 1.29 is 23.8 Å². The van der Waals surface area contributed by atoms with Crippen molar-refractivity contribution in [3.63, 3.8) is 0 Å². The molecule has 0 atom stereocenters. The Bertz CT molecular complexity index is 1280. The van der Waals surface area contributed by atoms with Gasteiger partial charge in [0, 0.05) is 11.4 Å². The molecule has 0 spiro atoms. The van der Waals surface area contributed by atoms with E-state index in [2.05, 4.69) is 0 Å². The molecule has 6 heteroatoms. The lowest BCUT2D eigenvalue weighted by Crippen LogP contribution is -2.24. The lowest BCUT2D eigenvalue weighted by atomic mass is 10.0. The fraction of sp³-hybridized carbons (Fsp3) is 0.172. The number of allylic oxidation sites excluding steroid dienone is 1. The Morgan fingerprint density at radius 3 is 2.29 bits per heavy atom. The van der Waals surface area contributed by atoms with Gasteiger partial charge in [-0.15, -0.1) is 0 Å². The van der Waals surface area contributed by atoms with Crippen molar-refractivity contribution in [3.8, 4) is 11.5 Å². The summed E-state index contributed by atoms with van der Waals surface area (Å²) in [5.74, 6) is 0.288. The molecule has 1 aliphatic heterocycles. The number of esters is 1. The van der Waals surface area contributed by atoms with E-state index in [1.165, 1.54) is 4.90 Å². The molecule has 0 saturated carbocycles. The highest BCUT2D eigenvalue weighted by Crippen LogP contribution is 2.36. The topological polar surface area (TPSA) is 65.1 Å². The van der Waals surface area contributed by atoms with Crippen molar-refractivity contribution in [1.29, 1.82) is 0 Å². The predicted molar refractivity (Wildman–Crippen MR) is 135 cm³/mol. The zero-order chi connectivity index (χ0) is 24.8. The van der Waals surface area contributed by atoms with Crippen LogP contribution in [0.2, 0.25) is 0 Å². The lowest BCUT2D eigenvalue weighted by molar-refractivity contribution is -0.138. The molecular formula is C29H27NO5. The molecule has 1 heterocycles. The SMILES string of the molecule is CCOC(=O)C1=C(C)N(c2ccccc2)C(=O)/C1=C\c1ccc(OCc2ccccc2)c(OC)c1. The molecule has 0 unspecified atom stereocenters. The van der Waals surface area contributed by atoms with Gasteiger partial charge in [0.15, 0.2) is 11.5 Å². The van der Waals surface area contributed by atoms with Crippen LogP contribution in [0, 0.1) is 0 Å². The van der Waals surface area contributed by atoms with Gasteiger partial charge in [-0.3, -0.25) is 9.69 Å². The number of anilines is 1. The third kappa shape index (κ3) is 5.11. The number of ether oxygens (including phenoxy) is 3. The number of carbonyl (C=O) groups excluding carboxylic acids is 2. The number of methoxy groups -OCH3 is 1. The average Bonchev–Trinajstić information content (AvgIpc) is 3.13. The Morgan fingerprint density at radius 1 is 0.943 bits per heavy atom. The first kappa shape index (κ1) is 23.8. The molecule has 4 rings (SSSR count). The van der Waals surface area contributed by atoms with Crippen LogP contribution in [0.3, 0.4) is 0 Å². The van der Waals surface area contributed by atoms with Crippen molar-refractivity contribution in [2.24, 2.45) is 0 Å². The molecule has 0 aromatic heterocycles. The summed E-state index contributed by atoms with van der Waals surface area (Å²) in [4.78, 5) is 27.8. The van der Waals surface area contributed by atoms with E-state index < -0.39 is 5.97 Å². The minimum absolute atomic E-state index is 0.212. The average molecular weight is 470 g/mol. The highest BCUT2D eigenvalue weighted by atomic mass is 16.5. The normalized spacial score (nSPS) is 14.4. The quantitative estimate of drug-likeness (QED) is 0.320. The van der Waals surface area contributed by atoms with Gasteiger partial charge in [-0.2, -0.15) is 0 Å². The second-order valence-corrected chi connectivity index (χ2v) is 7.90. The van der Waals surface area contributed by atoms with Gasteiger partial charge in [0.2, 0.25) is 0 Å². The van der Waals surface area contributed by atoms with Gasteiger partial charge in [-0.05, 0) is 55.3 Å². The largest absolute Gasteiger partial charge is 0.493 e. The maximum absolute atomic E-state index is 13.5. The lowest BCUT2D eigenvalue weighted by Gasteiger charge is -2.17. The second kappa shape index (κ2) is 10.7. The highest BCUT2D eigenvalue weighted by molar-refractivity contribution is 6.23. The monoisotopic (exact) mass is 469 g/mol. The van der Waals surface area contributed by atoms with Gasteiger partial charge in [0.25, 0.3) is 5.91 Å². The minimum atomic E-state index is -0.530. The summed E-state index contributed by atoms with van der Waals surface area (Å²) in [6.45, 7) is 4.10. The van der Waals surface area contributed by atoms with Gasteiger partial charge >= 0.3 is 5.97 Å². The zero-order valence-electron chi connectivity index (χ0n) is 20.0.